The third kappa shape index (κ3) is 3.48. The van der Waals surface area contributed by atoms with Gasteiger partial charge < -0.3 is 10.3 Å². The van der Waals surface area contributed by atoms with Crippen molar-refractivity contribution in [3.8, 4) is 5.69 Å². The molecule has 3 aromatic heterocycles. The number of benzene rings is 2. The van der Waals surface area contributed by atoms with Gasteiger partial charge in [-0.05, 0) is 40.6 Å². The molecule has 1 amide bonds. The lowest BCUT2D eigenvalue weighted by atomic mass is 10.1. The van der Waals surface area contributed by atoms with Gasteiger partial charge in [-0.1, -0.05) is 0 Å². The molecule has 0 aliphatic rings. The number of aromatic amines is 1. The first-order valence-electron chi connectivity index (χ1n) is 9.22. The molecule has 2 N–H and O–H groups in total. The lowest BCUT2D eigenvalue weighted by Crippen LogP contribution is -2.21. The number of anilines is 1. The molecule has 0 fully saturated rings. The van der Waals surface area contributed by atoms with Crippen LogP contribution in [0.5, 0.6) is 0 Å². The van der Waals surface area contributed by atoms with Gasteiger partial charge in [-0.15, -0.1) is 0 Å². The molecule has 13 heteroatoms. The number of amides is 1. The highest BCUT2D eigenvalue weighted by Gasteiger charge is 2.41. The molecule has 5 aromatic rings. The van der Waals surface area contributed by atoms with E-state index in [4.69, 9.17) is 0 Å². The lowest BCUT2D eigenvalue weighted by molar-refractivity contribution is -0.143. The zero-order chi connectivity index (χ0) is 23.3. The molecule has 33 heavy (non-hydrogen) atoms. The first-order chi connectivity index (χ1) is 15.7. The van der Waals surface area contributed by atoms with Gasteiger partial charge in [0.2, 0.25) is 0 Å². The zero-order valence-electron chi connectivity index (χ0n) is 16.1. The maximum atomic E-state index is 14.2. The Hall–Kier alpha value is -4.55. The summed E-state index contributed by atoms with van der Waals surface area (Å²) >= 11 is 0. The van der Waals surface area contributed by atoms with Gasteiger partial charge in [0.15, 0.2) is 5.69 Å². The fourth-order valence-corrected chi connectivity index (χ4v) is 3.45. The van der Waals surface area contributed by atoms with E-state index < -0.39 is 34.7 Å². The largest absolute Gasteiger partial charge is 0.434 e. The Bertz CT molecular complexity index is 1600. The van der Waals surface area contributed by atoms with Gasteiger partial charge in [0.05, 0.1) is 22.8 Å². The van der Waals surface area contributed by atoms with Crippen LogP contribution >= 0.6 is 0 Å². The van der Waals surface area contributed by atoms with Crippen LogP contribution < -0.4 is 10.9 Å². The van der Waals surface area contributed by atoms with Crippen LogP contribution in [0.1, 0.15) is 16.1 Å². The average molecular weight is 458 g/mol. The molecule has 166 valence electrons. The summed E-state index contributed by atoms with van der Waals surface area (Å²) in [6.45, 7) is 0. The molecule has 0 aliphatic carbocycles. The number of halogens is 4. The highest BCUT2D eigenvalue weighted by Crippen LogP contribution is 2.35. The predicted molar refractivity (Wildman–Crippen MR) is 106 cm³/mol. The molecule has 2 aromatic carbocycles. The molecule has 0 unspecified atom stereocenters. The zero-order valence-corrected chi connectivity index (χ0v) is 16.1. The smallest absolute Gasteiger partial charge is 0.329 e. The maximum absolute atomic E-state index is 14.2. The molecule has 0 spiro atoms. The molecule has 0 saturated heterocycles. The highest BCUT2D eigenvalue weighted by molar-refractivity contribution is 6.06. The molecule has 0 bridgehead atoms. The fourth-order valence-electron chi connectivity index (χ4n) is 3.45. The van der Waals surface area contributed by atoms with E-state index in [9.17, 15) is 27.2 Å². The highest BCUT2D eigenvalue weighted by atomic mass is 19.4. The molecule has 5 rings (SSSR count). The number of hydrogen-bond acceptors (Lipinski definition) is 6. The van der Waals surface area contributed by atoms with Crippen LogP contribution in [0.15, 0.2) is 58.2 Å². The summed E-state index contributed by atoms with van der Waals surface area (Å²) in [4.78, 5) is 27.1. The second-order valence-corrected chi connectivity index (χ2v) is 6.93. The topological polar surface area (TPSA) is 119 Å². The van der Waals surface area contributed by atoms with Gasteiger partial charge in [0.1, 0.15) is 16.9 Å². The number of fused-ring (bicyclic) bond motifs is 2. The van der Waals surface area contributed by atoms with Crippen molar-refractivity contribution in [3.63, 3.8) is 0 Å². The first kappa shape index (κ1) is 20.4. The van der Waals surface area contributed by atoms with Crippen molar-refractivity contribution in [2.45, 2.75) is 6.18 Å². The van der Waals surface area contributed by atoms with E-state index in [-0.39, 0.29) is 27.7 Å². The molecule has 0 saturated carbocycles. The summed E-state index contributed by atoms with van der Waals surface area (Å²) in [5.74, 6) is -2.05. The van der Waals surface area contributed by atoms with Gasteiger partial charge in [-0.2, -0.15) is 18.3 Å². The summed E-state index contributed by atoms with van der Waals surface area (Å²) in [5.41, 5.74) is -2.45. The summed E-state index contributed by atoms with van der Waals surface area (Å²) in [7, 11) is 0. The summed E-state index contributed by atoms with van der Waals surface area (Å²) in [6, 6.07) is 7.26. The van der Waals surface area contributed by atoms with E-state index in [0.717, 1.165) is 18.3 Å². The maximum Gasteiger partial charge on any atom is 0.434 e. The van der Waals surface area contributed by atoms with Crippen LogP contribution in [-0.4, -0.2) is 31.0 Å². The fraction of sp³-hybridized carbons (Fsp3) is 0.0500. The lowest BCUT2D eigenvalue weighted by Gasteiger charge is -2.14. The third-order valence-corrected chi connectivity index (χ3v) is 4.85. The number of pyridine rings is 1. The van der Waals surface area contributed by atoms with Crippen LogP contribution in [-0.2, 0) is 6.18 Å². The second-order valence-electron chi connectivity index (χ2n) is 6.93. The number of H-pyrrole nitrogens is 1. The molecule has 0 atom stereocenters. The minimum Gasteiger partial charge on any atom is -0.329 e. The number of hydrogen-bond donors (Lipinski definition) is 2. The quantitative estimate of drug-likeness (QED) is 0.399. The Balaban J connectivity index is 1.64. The Morgan fingerprint density at radius 3 is 2.64 bits per heavy atom. The van der Waals surface area contributed by atoms with E-state index in [1.807, 2.05) is 0 Å². The van der Waals surface area contributed by atoms with Crippen LogP contribution in [0.4, 0.5) is 23.2 Å². The van der Waals surface area contributed by atoms with Crippen LogP contribution in [0.2, 0.25) is 0 Å². The third-order valence-electron chi connectivity index (χ3n) is 4.85. The molecular formula is C20H10F4N6O3. The standard InChI is InChI=1S/C20H10F4N6O3/c21-9-5-12-11(3-4-25-18(12)31)16(6-9)30-17(20(22,23)24)13(8-26-30)19(32)27-10-1-2-14-15(7-10)29-33-28-14/h1-8H,(H,25,31)(H,27,32). The van der Waals surface area contributed by atoms with Gasteiger partial charge in [0.25, 0.3) is 11.5 Å². The van der Waals surface area contributed by atoms with Crippen molar-refractivity contribution in [2.24, 2.45) is 0 Å². The van der Waals surface area contributed by atoms with Crippen molar-refractivity contribution in [1.82, 2.24) is 25.1 Å². The normalized spacial score (nSPS) is 11.9. The monoisotopic (exact) mass is 458 g/mol. The first-order valence-corrected chi connectivity index (χ1v) is 9.22. The number of alkyl halides is 3. The number of carbonyl (C=O) groups excluding carboxylic acids is 1. The Morgan fingerprint density at radius 1 is 1.06 bits per heavy atom. The number of nitrogens with zero attached hydrogens (tertiary/aromatic N) is 4. The van der Waals surface area contributed by atoms with Crippen molar-refractivity contribution >= 4 is 33.4 Å². The van der Waals surface area contributed by atoms with Crippen LogP contribution in [0, 0.1) is 5.82 Å². The van der Waals surface area contributed by atoms with E-state index >= 15 is 0 Å². The van der Waals surface area contributed by atoms with Crippen LogP contribution in [0.25, 0.3) is 27.5 Å². The molecule has 9 nitrogen and oxygen atoms in total. The molecule has 0 aliphatic heterocycles. The van der Waals surface area contributed by atoms with Gasteiger partial charge in [0, 0.05) is 23.3 Å². The minimum atomic E-state index is -5.04. The molecule has 0 radical (unpaired) electrons. The Morgan fingerprint density at radius 2 is 1.85 bits per heavy atom. The van der Waals surface area contributed by atoms with E-state index in [1.165, 1.54) is 30.5 Å². The van der Waals surface area contributed by atoms with Crippen molar-refractivity contribution in [2.75, 3.05) is 5.32 Å². The van der Waals surface area contributed by atoms with Crippen molar-refractivity contribution < 1.29 is 27.0 Å². The molecular weight excluding hydrogens is 448 g/mol. The van der Waals surface area contributed by atoms with Gasteiger partial charge in [-0.3, -0.25) is 9.59 Å². The van der Waals surface area contributed by atoms with E-state index in [2.05, 4.69) is 30.3 Å². The number of nitrogens with one attached hydrogen (secondary N) is 2. The van der Waals surface area contributed by atoms with Crippen LogP contribution in [0.3, 0.4) is 0 Å². The number of aromatic nitrogens is 5. The summed E-state index contributed by atoms with van der Waals surface area (Å²) in [5, 5.41) is 13.1. The summed E-state index contributed by atoms with van der Waals surface area (Å²) < 4.78 is 61.2. The average Bonchev–Trinajstić information content (AvgIpc) is 3.40. The van der Waals surface area contributed by atoms with Crippen molar-refractivity contribution in [3.05, 3.63) is 76.2 Å². The Kier molecular flexibility index (Phi) is 4.48. The predicted octanol–water partition coefficient (Wildman–Crippen LogP) is 3.66. The second kappa shape index (κ2) is 7.25. The number of rotatable bonds is 3. The number of carbonyl (C=O) groups is 1. The SMILES string of the molecule is O=C(Nc1ccc2nonc2c1)c1cnn(-c2cc(F)cc3c(=O)[nH]ccc23)c1C(F)(F)F. The summed E-state index contributed by atoms with van der Waals surface area (Å²) in [6.07, 6.45) is -3.10. The van der Waals surface area contributed by atoms with Gasteiger partial charge in [-0.25, -0.2) is 13.7 Å². The van der Waals surface area contributed by atoms with E-state index in [1.54, 1.807) is 0 Å². The van der Waals surface area contributed by atoms with E-state index in [0.29, 0.717) is 10.2 Å². The van der Waals surface area contributed by atoms with Gasteiger partial charge >= 0.3 is 6.18 Å². The molecule has 3 heterocycles. The minimum absolute atomic E-state index is 0.0182. The Labute approximate surface area is 179 Å². The van der Waals surface area contributed by atoms with Crippen molar-refractivity contribution in [1.29, 1.82) is 0 Å².